The molecule has 5 rings (SSSR count). The highest BCUT2D eigenvalue weighted by Crippen LogP contribution is 2.34. The predicted octanol–water partition coefficient (Wildman–Crippen LogP) is 5.46. The molecule has 0 aliphatic heterocycles. The van der Waals surface area contributed by atoms with Crippen LogP contribution in [0.1, 0.15) is 0 Å². The second-order valence-electron chi connectivity index (χ2n) is 5.63. The highest BCUT2D eigenvalue weighted by molar-refractivity contribution is 9.10. The third kappa shape index (κ3) is 2.34. The molecule has 0 aliphatic rings. The van der Waals surface area contributed by atoms with Crippen molar-refractivity contribution in [3.63, 3.8) is 0 Å². The van der Waals surface area contributed by atoms with Crippen molar-refractivity contribution in [1.29, 1.82) is 0 Å². The van der Waals surface area contributed by atoms with Gasteiger partial charge in [-0.3, -0.25) is 0 Å². The second kappa shape index (κ2) is 5.53. The fourth-order valence-corrected chi connectivity index (χ4v) is 3.26. The Kier molecular flexibility index (Phi) is 3.18. The molecule has 0 amide bonds. The summed E-state index contributed by atoms with van der Waals surface area (Å²) in [6.07, 6.45) is 1.58. The van der Waals surface area contributed by atoms with Gasteiger partial charge in [0.2, 0.25) is 0 Å². The third-order valence-electron chi connectivity index (χ3n) is 4.06. The molecule has 120 valence electrons. The number of halogens is 1. The van der Waals surface area contributed by atoms with Crippen molar-refractivity contribution in [2.75, 3.05) is 0 Å². The molecule has 6 heteroatoms. The fourth-order valence-electron chi connectivity index (χ4n) is 2.88. The first kappa shape index (κ1) is 14.4. The molecule has 5 nitrogen and oxygen atoms in total. The molecule has 0 saturated heterocycles. The number of fused-ring (bicyclic) bond motifs is 2. The van der Waals surface area contributed by atoms with Gasteiger partial charge in [-0.15, -0.1) is 10.2 Å². The average molecular weight is 392 g/mol. The van der Waals surface area contributed by atoms with Crippen LogP contribution in [0.15, 0.2) is 74.3 Å². The van der Waals surface area contributed by atoms with E-state index >= 15 is 0 Å². The van der Waals surface area contributed by atoms with Crippen LogP contribution in [0.3, 0.4) is 0 Å². The normalized spacial score (nSPS) is 11.4. The van der Waals surface area contributed by atoms with E-state index in [1.54, 1.807) is 6.26 Å². The van der Waals surface area contributed by atoms with Crippen LogP contribution in [0.2, 0.25) is 0 Å². The molecule has 0 N–H and O–H groups in total. The summed E-state index contributed by atoms with van der Waals surface area (Å²) in [6.45, 7) is 0. The molecule has 0 atom stereocenters. The van der Waals surface area contributed by atoms with Gasteiger partial charge >= 0.3 is 0 Å². The summed E-state index contributed by atoms with van der Waals surface area (Å²) < 4.78 is 12.1. The lowest BCUT2D eigenvalue weighted by Gasteiger charge is -2.02. The SMILES string of the molecule is Brc1ccc2oc(-c3nnc(-c4ccccc4)c4nocc34)cc2c1. The van der Waals surface area contributed by atoms with E-state index in [1.807, 2.05) is 54.6 Å². The van der Waals surface area contributed by atoms with Crippen LogP contribution < -0.4 is 0 Å². The molecule has 5 aromatic rings. The maximum absolute atomic E-state index is 5.94. The highest BCUT2D eigenvalue weighted by atomic mass is 79.9. The number of furan rings is 1. The van der Waals surface area contributed by atoms with Crippen LogP contribution in [0, 0.1) is 0 Å². The van der Waals surface area contributed by atoms with Gasteiger partial charge in [0.1, 0.15) is 28.8 Å². The molecule has 0 radical (unpaired) electrons. The summed E-state index contributed by atoms with van der Waals surface area (Å²) in [5.41, 5.74) is 3.69. The monoisotopic (exact) mass is 391 g/mol. The summed E-state index contributed by atoms with van der Waals surface area (Å²) in [4.78, 5) is 0. The molecule has 0 bridgehead atoms. The molecule has 0 unspecified atom stereocenters. The van der Waals surface area contributed by atoms with E-state index in [2.05, 4.69) is 31.3 Å². The number of hydrogen-bond acceptors (Lipinski definition) is 5. The molecule has 3 aromatic heterocycles. The summed E-state index contributed by atoms with van der Waals surface area (Å²) in [5.74, 6) is 0.633. The first-order valence-corrected chi connectivity index (χ1v) is 8.44. The van der Waals surface area contributed by atoms with Crippen LogP contribution in [0.5, 0.6) is 0 Å². The first-order chi connectivity index (χ1) is 12.3. The minimum Gasteiger partial charge on any atom is -0.454 e. The smallest absolute Gasteiger partial charge is 0.156 e. The number of benzene rings is 2. The van der Waals surface area contributed by atoms with Crippen LogP contribution in [0.25, 0.3) is 44.6 Å². The molecule has 0 saturated carbocycles. The van der Waals surface area contributed by atoms with Gasteiger partial charge in [0.25, 0.3) is 0 Å². The maximum atomic E-state index is 5.94. The topological polar surface area (TPSA) is 65.0 Å². The van der Waals surface area contributed by atoms with E-state index in [-0.39, 0.29) is 0 Å². The van der Waals surface area contributed by atoms with Gasteiger partial charge in [-0.2, -0.15) is 0 Å². The molecular formula is C19H10BrN3O2. The van der Waals surface area contributed by atoms with Crippen molar-refractivity contribution in [2.24, 2.45) is 0 Å². The minimum atomic E-state index is 0.614. The molecule has 0 fully saturated rings. The molecule has 3 heterocycles. The first-order valence-electron chi connectivity index (χ1n) is 7.65. The van der Waals surface area contributed by atoms with Crippen molar-refractivity contribution in [3.8, 4) is 22.7 Å². The van der Waals surface area contributed by atoms with Gasteiger partial charge in [0.15, 0.2) is 5.76 Å². The average Bonchev–Trinajstić information content (AvgIpc) is 3.28. The zero-order valence-corrected chi connectivity index (χ0v) is 14.4. The van der Waals surface area contributed by atoms with E-state index in [4.69, 9.17) is 8.94 Å². The van der Waals surface area contributed by atoms with E-state index in [0.29, 0.717) is 22.7 Å². The van der Waals surface area contributed by atoms with Gasteiger partial charge in [-0.25, -0.2) is 0 Å². The maximum Gasteiger partial charge on any atom is 0.156 e. The summed E-state index contributed by atoms with van der Waals surface area (Å²) in [7, 11) is 0. The van der Waals surface area contributed by atoms with Crippen molar-refractivity contribution in [1.82, 2.24) is 15.4 Å². The Labute approximate surface area is 150 Å². The molecule has 0 spiro atoms. The molecule has 25 heavy (non-hydrogen) atoms. The third-order valence-corrected chi connectivity index (χ3v) is 4.55. The quantitative estimate of drug-likeness (QED) is 0.399. The number of hydrogen-bond donors (Lipinski definition) is 0. The van der Waals surface area contributed by atoms with Gasteiger partial charge in [-0.1, -0.05) is 51.4 Å². The van der Waals surface area contributed by atoms with Crippen LogP contribution in [-0.2, 0) is 0 Å². The Hall–Kier alpha value is -2.99. The van der Waals surface area contributed by atoms with Crippen molar-refractivity contribution >= 4 is 37.8 Å². The lowest BCUT2D eigenvalue weighted by molar-refractivity contribution is 0.428. The summed E-state index contributed by atoms with van der Waals surface area (Å²) in [6, 6.07) is 17.6. The number of nitrogens with zero attached hydrogens (tertiary/aromatic N) is 3. The van der Waals surface area contributed by atoms with Crippen molar-refractivity contribution in [2.45, 2.75) is 0 Å². The molecule has 2 aromatic carbocycles. The summed E-state index contributed by atoms with van der Waals surface area (Å²) >= 11 is 3.47. The largest absolute Gasteiger partial charge is 0.454 e. The Morgan fingerprint density at radius 3 is 2.60 bits per heavy atom. The van der Waals surface area contributed by atoms with Crippen molar-refractivity contribution < 1.29 is 8.94 Å². The van der Waals surface area contributed by atoms with E-state index < -0.39 is 0 Å². The predicted molar refractivity (Wildman–Crippen MR) is 97.9 cm³/mol. The lowest BCUT2D eigenvalue weighted by atomic mass is 10.1. The van der Waals surface area contributed by atoms with Crippen molar-refractivity contribution in [3.05, 3.63) is 65.3 Å². The Balaban J connectivity index is 1.73. The fraction of sp³-hybridized carbons (Fsp3) is 0. The van der Waals surface area contributed by atoms with E-state index in [9.17, 15) is 0 Å². The lowest BCUT2D eigenvalue weighted by Crippen LogP contribution is -1.93. The van der Waals surface area contributed by atoms with Crippen LogP contribution >= 0.6 is 15.9 Å². The Bertz CT molecular complexity index is 1210. The van der Waals surface area contributed by atoms with Gasteiger partial charge in [-0.05, 0) is 24.3 Å². The summed E-state index contributed by atoms with van der Waals surface area (Å²) in [5, 5.41) is 14.6. The van der Waals surface area contributed by atoms with Gasteiger partial charge in [0.05, 0.1) is 5.39 Å². The zero-order valence-electron chi connectivity index (χ0n) is 12.8. The zero-order chi connectivity index (χ0) is 16.8. The van der Waals surface area contributed by atoms with Crippen LogP contribution in [0.4, 0.5) is 0 Å². The van der Waals surface area contributed by atoms with E-state index in [0.717, 1.165) is 26.4 Å². The van der Waals surface area contributed by atoms with E-state index in [1.165, 1.54) is 0 Å². The Morgan fingerprint density at radius 1 is 0.880 bits per heavy atom. The minimum absolute atomic E-state index is 0.614. The standard InChI is InChI=1S/C19H10BrN3O2/c20-13-6-7-15-12(8-13)9-16(25-15)18-14-10-24-23-19(14)17(21-22-18)11-4-2-1-3-5-11/h1-10H. The number of aromatic nitrogens is 3. The highest BCUT2D eigenvalue weighted by Gasteiger charge is 2.18. The Morgan fingerprint density at radius 2 is 1.72 bits per heavy atom. The second-order valence-corrected chi connectivity index (χ2v) is 6.55. The number of rotatable bonds is 2. The molecular weight excluding hydrogens is 382 g/mol. The van der Waals surface area contributed by atoms with Gasteiger partial charge in [0, 0.05) is 15.4 Å². The molecule has 0 aliphatic carbocycles. The van der Waals surface area contributed by atoms with Gasteiger partial charge < -0.3 is 8.94 Å². The van der Waals surface area contributed by atoms with Crippen LogP contribution in [-0.4, -0.2) is 15.4 Å².